The molecule has 0 saturated heterocycles. The van der Waals surface area contributed by atoms with Gasteiger partial charge in [-0.3, -0.25) is 0 Å². The smallest absolute Gasteiger partial charge is 0.328 e. The Bertz CT molecular complexity index is 457. The number of aliphatic hydroxyl groups excluding tert-OH is 1. The molecule has 1 aliphatic rings. The molecule has 0 aliphatic heterocycles. The van der Waals surface area contributed by atoms with Gasteiger partial charge in [0, 0.05) is 11.5 Å². The second-order valence-corrected chi connectivity index (χ2v) is 5.83. The first kappa shape index (κ1) is 15.7. The zero-order valence-electron chi connectivity index (χ0n) is 11.8. The van der Waals surface area contributed by atoms with Crippen LogP contribution >= 0.6 is 0 Å². The van der Waals surface area contributed by atoms with Gasteiger partial charge in [0.2, 0.25) is 0 Å². The van der Waals surface area contributed by atoms with Crippen LogP contribution in [0.2, 0.25) is 0 Å². The molecule has 19 heavy (non-hydrogen) atoms. The molecule has 0 fully saturated rings. The molecule has 2 atom stereocenters. The molecule has 1 aliphatic carbocycles. The Morgan fingerprint density at radius 1 is 1.47 bits per heavy atom. The monoisotopic (exact) mass is 266 g/mol. The average molecular weight is 266 g/mol. The summed E-state index contributed by atoms with van der Waals surface area (Å²) in [5, 5.41) is 29.2. The Morgan fingerprint density at radius 2 is 2.05 bits per heavy atom. The molecule has 106 valence electrons. The van der Waals surface area contributed by atoms with E-state index in [0.29, 0.717) is 17.6 Å². The first-order chi connectivity index (χ1) is 8.58. The van der Waals surface area contributed by atoms with E-state index in [0.717, 1.165) is 6.08 Å². The predicted octanol–water partition coefficient (Wildman–Crippen LogP) is 2.04. The summed E-state index contributed by atoms with van der Waals surface area (Å²) in [6.07, 6.45) is 5.84. The zero-order chi connectivity index (χ0) is 14.8. The fourth-order valence-corrected chi connectivity index (χ4v) is 2.54. The highest BCUT2D eigenvalue weighted by Gasteiger charge is 2.46. The largest absolute Gasteiger partial charge is 0.478 e. The SMILES string of the molecule is CC1=C[C@H](O)CC(C)(C)[C@]1(O)/C=C/C(C)=C\C(=O)O. The van der Waals surface area contributed by atoms with Gasteiger partial charge >= 0.3 is 5.97 Å². The molecular weight excluding hydrogens is 244 g/mol. The van der Waals surface area contributed by atoms with Gasteiger partial charge in [0.05, 0.1) is 6.10 Å². The molecule has 0 aromatic heterocycles. The van der Waals surface area contributed by atoms with Crippen molar-refractivity contribution in [1.29, 1.82) is 0 Å². The van der Waals surface area contributed by atoms with Crippen LogP contribution in [0.3, 0.4) is 0 Å². The summed E-state index contributed by atoms with van der Waals surface area (Å²) in [6, 6.07) is 0. The van der Waals surface area contributed by atoms with Crippen LogP contribution in [0.25, 0.3) is 0 Å². The quantitative estimate of drug-likeness (QED) is 0.415. The highest BCUT2D eigenvalue weighted by molar-refractivity contribution is 5.81. The van der Waals surface area contributed by atoms with Crippen molar-refractivity contribution in [2.24, 2.45) is 5.41 Å². The topological polar surface area (TPSA) is 77.8 Å². The Hall–Kier alpha value is -1.39. The third-order valence-corrected chi connectivity index (χ3v) is 3.73. The summed E-state index contributed by atoms with van der Waals surface area (Å²) in [7, 11) is 0. The summed E-state index contributed by atoms with van der Waals surface area (Å²) in [5.74, 6) is -1.01. The summed E-state index contributed by atoms with van der Waals surface area (Å²) >= 11 is 0. The number of allylic oxidation sites excluding steroid dienone is 2. The fraction of sp³-hybridized carbons (Fsp3) is 0.533. The zero-order valence-corrected chi connectivity index (χ0v) is 11.8. The van der Waals surface area contributed by atoms with Gasteiger partial charge in [-0.25, -0.2) is 4.79 Å². The predicted molar refractivity (Wildman–Crippen MR) is 73.6 cm³/mol. The normalized spacial score (nSPS) is 31.4. The van der Waals surface area contributed by atoms with Crippen molar-refractivity contribution in [3.63, 3.8) is 0 Å². The molecular formula is C15H22O4. The van der Waals surface area contributed by atoms with Gasteiger partial charge < -0.3 is 15.3 Å². The van der Waals surface area contributed by atoms with Crippen molar-refractivity contribution >= 4 is 5.97 Å². The molecule has 0 saturated carbocycles. The lowest BCUT2D eigenvalue weighted by molar-refractivity contribution is -0.131. The fourth-order valence-electron chi connectivity index (χ4n) is 2.54. The Kier molecular flexibility index (Phi) is 4.38. The molecule has 0 spiro atoms. The van der Waals surface area contributed by atoms with Crippen LogP contribution in [0.5, 0.6) is 0 Å². The molecule has 0 amide bonds. The molecule has 0 aromatic rings. The van der Waals surface area contributed by atoms with Crippen molar-refractivity contribution in [2.45, 2.75) is 45.8 Å². The van der Waals surface area contributed by atoms with Crippen LogP contribution in [0.15, 0.2) is 35.5 Å². The molecule has 3 N–H and O–H groups in total. The first-order valence-electron chi connectivity index (χ1n) is 6.28. The second-order valence-electron chi connectivity index (χ2n) is 5.83. The van der Waals surface area contributed by atoms with Crippen molar-refractivity contribution in [3.8, 4) is 0 Å². The number of rotatable bonds is 3. The third-order valence-electron chi connectivity index (χ3n) is 3.73. The van der Waals surface area contributed by atoms with Gasteiger partial charge in [-0.2, -0.15) is 0 Å². The molecule has 4 heteroatoms. The van der Waals surface area contributed by atoms with Gasteiger partial charge in [0.1, 0.15) is 5.60 Å². The van der Waals surface area contributed by atoms with Crippen molar-refractivity contribution in [1.82, 2.24) is 0 Å². The molecule has 0 heterocycles. The van der Waals surface area contributed by atoms with Crippen LogP contribution in [-0.2, 0) is 4.79 Å². The molecule has 0 bridgehead atoms. The maximum Gasteiger partial charge on any atom is 0.328 e. The number of aliphatic carboxylic acids is 1. The van der Waals surface area contributed by atoms with E-state index in [9.17, 15) is 15.0 Å². The lowest BCUT2D eigenvalue weighted by atomic mass is 9.64. The lowest BCUT2D eigenvalue weighted by Crippen LogP contribution is -2.48. The number of carbonyl (C=O) groups is 1. The maximum atomic E-state index is 10.8. The van der Waals surface area contributed by atoms with Gasteiger partial charge in [0.15, 0.2) is 0 Å². The summed E-state index contributed by atoms with van der Waals surface area (Å²) < 4.78 is 0. The number of aliphatic hydroxyl groups is 2. The van der Waals surface area contributed by atoms with Crippen LogP contribution in [0.4, 0.5) is 0 Å². The van der Waals surface area contributed by atoms with E-state index in [1.54, 1.807) is 32.1 Å². The summed E-state index contributed by atoms with van der Waals surface area (Å²) in [5.41, 5.74) is -0.475. The standard InChI is InChI=1S/C15H22O4/c1-10(7-13(17)18)5-6-15(19)11(2)8-12(16)9-14(15,3)4/h5-8,12,16,19H,9H2,1-4H3,(H,17,18)/b6-5+,10-7-/t12-,15-/m0/s1. The van der Waals surface area contributed by atoms with Crippen LogP contribution in [0.1, 0.15) is 34.1 Å². The molecule has 0 unspecified atom stereocenters. The van der Waals surface area contributed by atoms with Crippen LogP contribution in [-0.4, -0.2) is 33.0 Å². The molecule has 1 rings (SSSR count). The Morgan fingerprint density at radius 3 is 2.53 bits per heavy atom. The average Bonchev–Trinajstić information content (AvgIpc) is 2.21. The molecule has 0 radical (unpaired) electrons. The van der Waals surface area contributed by atoms with E-state index >= 15 is 0 Å². The Balaban J connectivity index is 3.12. The van der Waals surface area contributed by atoms with Crippen LogP contribution < -0.4 is 0 Å². The highest BCUT2D eigenvalue weighted by atomic mass is 16.4. The summed E-state index contributed by atoms with van der Waals surface area (Å²) in [4.78, 5) is 10.6. The minimum atomic E-state index is -1.18. The minimum Gasteiger partial charge on any atom is -0.478 e. The number of carboxylic acids is 1. The molecule has 0 aromatic carbocycles. The van der Waals surface area contributed by atoms with E-state index in [1.807, 2.05) is 13.8 Å². The summed E-state index contributed by atoms with van der Waals surface area (Å²) in [6.45, 7) is 7.20. The van der Waals surface area contributed by atoms with E-state index in [1.165, 1.54) is 0 Å². The maximum absolute atomic E-state index is 10.8. The first-order valence-corrected chi connectivity index (χ1v) is 6.28. The van der Waals surface area contributed by atoms with Gasteiger partial charge in [-0.15, -0.1) is 0 Å². The van der Waals surface area contributed by atoms with Crippen molar-refractivity contribution in [3.05, 3.63) is 35.5 Å². The van der Waals surface area contributed by atoms with Crippen LogP contribution in [0, 0.1) is 5.41 Å². The van der Waals surface area contributed by atoms with E-state index in [4.69, 9.17) is 5.11 Å². The lowest BCUT2D eigenvalue weighted by Gasteiger charge is -2.46. The van der Waals surface area contributed by atoms with E-state index < -0.39 is 23.1 Å². The van der Waals surface area contributed by atoms with Gasteiger partial charge in [0.25, 0.3) is 0 Å². The third kappa shape index (κ3) is 3.33. The van der Waals surface area contributed by atoms with E-state index in [-0.39, 0.29) is 0 Å². The highest BCUT2D eigenvalue weighted by Crippen LogP contribution is 2.45. The number of hydrogen-bond acceptors (Lipinski definition) is 3. The Labute approximate surface area is 113 Å². The van der Waals surface area contributed by atoms with Gasteiger partial charge in [-0.1, -0.05) is 26.0 Å². The van der Waals surface area contributed by atoms with Crippen molar-refractivity contribution in [2.75, 3.05) is 0 Å². The minimum absolute atomic E-state index is 0.451. The van der Waals surface area contributed by atoms with Crippen molar-refractivity contribution < 1.29 is 20.1 Å². The molecule has 4 nitrogen and oxygen atoms in total. The second kappa shape index (κ2) is 5.31. The number of hydrogen-bond donors (Lipinski definition) is 3. The van der Waals surface area contributed by atoms with E-state index in [2.05, 4.69) is 0 Å². The number of carboxylic acid groups (broad SMARTS) is 1. The van der Waals surface area contributed by atoms with Gasteiger partial charge in [-0.05, 0) is 37.5 Å².